The van der Waals surface area contributed by atoms with Crippen molar-refractivity contribution in [3.05, 3.63) is 72.4 Å². The lowest BCUT2D eigenvalue weighted by molar-refractivity contribution is 0.969. The lowest BCUT2D eigenvalue weighted by atomic mass is 10.1. The molecule has 1 heterocycles. The second-order valence-electron chi connectivity index (χ2n) is 4.87. The Bertz CT molecular complexity index is 712. The largest absolute Gasteiger partial charge is 0.330 e. The van der Waals surface area contributed by atoms with Crippen LogP contribution in [0, 0.1) is 0 Å². The van der Waals surface area contributed by atoms with E-state index in [4.69, 9.17) is 5.73 Å². The van der Waals surface area contributed by atoms with Crippen molar-refractivity contribution in [2.75, 3.05) is 6.54 Å². The Hall–Kier alpha value is -2.23. The third kappa shape index (κ3) is 3.70. The third-order valence-corrected chi connectivity index (χ3v) is 3.37. The Morgan fingerprint density at radius 2 is 1.55 bits per heavy atom. The third-order valence-electron chi connectivity index (χ3n) is 3.37. The van der Waals surface area contributed by atoms with E-state index < -0.39 is 0 Å². The van der Waals surface area contributed by atoms with Gasteiger partial charge in [-0.2, -0.15) is 0 Å². The normalized spacial score (nSPS) is 10.0. The summed E-state index contributed by atoms with van der Waals surface area (Å²) in [4.78, 5) is 9.01. The van der Waals surface area contributed by atoms with Gasteiger partial charge in [0.1, 0.15) is 0 Å². The molecule has 0 aliphatic carbocycles. The molecule has 0 aliphatic heterocycles. The molecule has 112 valence electrons. The molecule has 3 aromatic rings. The van der Waals surface area contributed by atoms with E-state index in [1.807, 2.05) is 36.4 Å². The van der Waals surface area contributed by atoms with Gasteiger partial charge in [-0.15, -0.1) is 12.4 Å². The number of rotatable bonds is 4. The van der Waals surface area contributed by atoms with Crippen LogP contribution in [0.2, 0.25) is 0 Å². The van der Waals surface area contributed by atoms with E-state index >= 15 is 0 Å². The van der Waals surface area contributed by atoms with Gasteiger partial charge in [-0.3, -0.25) is 0 Å². The summed E-state index contributed by atoms with van der Waals surface area (Å²) < 4.78 is 0. The number of halogens is 1. The first-order chi connectivity index (χ1) is 10.4. The van der Waals surface area contributed by atoms with Crippen molar-refractivity contribution in [2.45, 2.75) is 6.42 Å². The Kier molecular flexibility index (Phi) is 5.64. The van der Waals surface area contributed by atoms with Crippen molar-refractivity contribution in [2.24, 2.45) is 5.73 Å². The molecule has 0 fully saturated rings. The van der Waals surface area contributed by atoms with Gasteiger partial charge < -0.3 is 5.73 Å². The topological polar surface area (TPSA) is 51.8 Å². The van der Waals surface area contributed by atoms with E-state index in [1.165, 1.54) is 5.56 Å². The van der Waals surface area contributed by atoms with Crippen LogP contribution in [0.3, 0.4) is 0 Å². The molecule has 22 heavy (non-hydrogen) atoms. The zero-order valence-corrected chi connectivity index (χ0v) is 13.0. The zero-order chi connectivity index (χ0) is 14.5. The van der Waals surface area contributed by atoms with E-state index in [-0.39, 0.29) is 12.4 Å². The van der Waals surface area contributed by atoms with Crippen LogP contribution in [-0.2, 0) is 6.42 Å². The SMILES string of the molecule is Cl.NCCc1ccc(-c2ccnc(-c3ccccc3)n2)cc1. The molecule has 0 spiro atoms. The molecule has 0 saturated heterocycles. The molecule has 0 amide bonds. The van der Waals surface area contributed by atoms with Crippen molar-refractivity contribution < 1.29 is 0 Å². The summed E-state index contributed by atoms with van der Waals surface area (Å²) >= 11 is 0. The summed E-state index contributed by atoms with van der Waals surface area (Å²) in [7, 11) is 0. The highest BCUT2D eigenvalue weighted by Crippen LogP contribution is 2.21. The zero-order valence-electron chi connectivity index (χ0n) is 12.1. The summed E-state index contributed by atoms with van der Waals surface area (Å²) in [6, 6.07) is 20.3. The van der Waals surface area contributed by atoms with Gasteiger partial charge in [0.05, 0.1) is 5.69 Å². The molecule has 3 nitrogen and oxygen atoms in total. The van der Waals surface area contributed by atoms with Crippen molar-refractivity contribution in [3.8, 4) is 22.6 Å². The molecule has 0 atom stereocenters. The fourth-order valence-corrected chi connectivity index (χ4v) is 2.25. The van der Waals surface area contributed by atoms with Crippen molar-refractivity contribution in [1.29, 1.82) is 0 Å². The number of hydrogen-bond donors (Lipinski definition) is 1. The Morgan fingerprint density at radius 3 is 2.23 bits per heavy atom. The van der Waals surface area contributed by atoms with Crippen LogP contribution in [0.25, 0.3) is 22.6 Å². The summed E-state index contributed by atoms with van der Waals surface area (Å²) in [5, 5.41) is 0. The maximum Gasteiger partial charge on any atom is 0.159 e. The summed E-state index contributed by atoms with van der Waals surface area (Å²) in [5.74, 6) is 0.749. The average Bonchev–Trinajstić information content (AvgIpc) is 2.57. The van der Waals surface area contributed by atoms with Crippen LogP contribution >= 0.6 is 12.4 Å². The highest BCUT2D eigenvalue weighted by Gasteiger charge is 2.04. The predicted molar refractivity (Wildman–Crippen MR) is 92.9 cm³/mol. The Labute approximate surface area is 136 Å². The Morgan fingerprint density at radius 1 is 0.818 bits per heavy atom. The highest BCUT2D eigenvalue weighted by molar-refractivity contribution is 5.85. The monoisotopic (exact) mass is 311 g/mol. The molecule has 2 N–H and O–H groups in total. The second-order valence-corrected chi connectivity index (χ2v) is 4.87. The van der Waals surface area contributed by atoms with Crippen molar-refractivity contribution in [1.82, 2.24) is 9.97 Å². The van der Waals surface area contributed by atoms with E-state index in [0.717, 1.165) is 29.1 Å². The van der Waals surface area contributed by atoms with E-state index in [9.17, 15) is 0 Å². The fraction of sp³-hybridized carbons (Fsp3) is 0.111. The lowest BCUT2D eigenvalue weighted by Gasteiger charge is -2.05. The van der Waals surface area contributed by atoms with Gasteiger partial charge in [0, 0.05) is 17.3 Å². The van der Waals surface area contributed by atoms with Crippen molar-refractivity contribution >= 4 is 12.4 Å². The van der Waals surface area contributed by atoms with E-state index in [2.05, 4.69) is 34.2 Å². The fourth-order valence-electron chi connectivity index (χ4n) is 2.25. The number of hydrogen-bond acceptors (Lipinski definition) is 3. The first kappa shape index (κ1) is 16.1. The Balaban J connectivity index is 0.00000176. The van der Waals surface area contributed by atoms with Gasteiger partial charge in [-0.25, -0.2) is 9.97 Å². The lowest BCUT2D eigenvalue weighted by Crippen LogP contribution is -2.02. The summed E-state index contributed by atoms with van der Waals surface area (Å²) in [5.41, 5.74) is 9.88. The van der Waals surface area contributed by atoms with E-state index in [0.29, 0.717) is 6.54 Å². The van der Waals surface area contributed by atoms with Gasteiger partial charge in [0.25, 0.3) is 0 Å². The standard InChI is InChI=1S/C18H17N3.ClH/c19-12-10-14-6-8-15(9-7-14)17-11-13-20-18(21-17)16-4-2-1-3-5-16;/h1-9,11,13H,10,12,19H2;1H. The van der Waals surface area contributed by atoms with Crippen molar-refractivity contribution in [3.63, 3.8) is 0 Å². The molecular formula is C18H18ClN3. The quantitative estimate of drug-likeness (QED) is 0.798. The molecule has 1 aromatic heterocycles. The molecule has 4 heteroatoms. The first-order valence-electron chi connectivity index (χ1n) is 7.04. The van der Waals surface area contributed by atoms with E-state index in [1.54, 1.807) is 6.20 Å². The van der Waals surface area contributed by atoms with Crippen LogP contribution in [0.15, 0.2) is 66.9 Å². The number of benzene rings is 2. The van der Waals surface area contributed by atoms with Crippen LogP contribution in [0.1, 0.15) is 5.56 Å². The smallest absolute Gasteiger partial charge is 0.159 e. The minimum absolute atomic E-state index is 0. The van der Waals surface area contributed by atoms with Crippen LogP contribution in [0.5, 0.6) is 0 Å². The molecule has 3 rings (SSSR count). The summed E-state index contributed by atoms with van der Waals surface area (Å²) in [6.45, 7) is 0.672. The highest BCUT2D eigenvalue weighted by atomic mass is 35.5. The molecule has 0 saturated carbocycles. The molecular weight excluding hydrogens is 294 g/mol. The molecule has 2 aromatic carbocycles. The van der Waals surface area contributed by atoms with Gasteiger partial charge in [0.2, 0.25) is 0 Å². The van der Waals surface area contributed by atoms with Gasteiger partial charge in [-0.05, 0) is 24.6 Å². The van der Waals surface area contributed by atoms with Crippen LogP contribution in [0.4, 0.5) is 0 Å². The van der Waals surface area contributed by atoms with Gasteiger partial charge in [0.15, 0.2) is 5.82 Å². The molecule has 0 aliphatic rings. The summed E-state index contributed by atoms with van der Waals surface area (Å²) in [6.07, 6.45) is 2.71. The number of nitrogens with two attached hydrogens (primary N) is 1. The maximum absolute atomic E-state index is 5.57. The predicted octanol–water partition coefficient (Wildman–Crippen LogP) is 3.73. The molecule has 0 radical (unpaired) electrons. The van der Waals surface area contributed by atoms with Crippen LogP contribution < -0.4 is 5.73 Å². The van der Waals surface area contributed by atoms with Gasteiger partial charge in [-0.1, -0.05) is 54.6 Å². The number of nitrogens with zero attached hydrogens (tertiary/aromatic N) is 2. The average molecular weight is 312 g/mol. The first-order valence-corrected chi connectivity index (χ1v) is 7.04. The van der Waals surface area contributed by atoms with Crippen LogP contribution in [-0.4, -0.2) is 16.5 Å². The van der Waals surface area contributed by atoms with Gasteiger partial charge >= 0.3 is 0 Å². The molecule has 0 bridgehead atoms. The molecule has 0 unspecified atom stereocenters. The minimum Gasteiger partial charge on any atom is -0.330 e. The number of aromatic nitrogens is 2. The minimum atomic E-state index is 0. The second kappa shape index (κ2) is 7.69. The maximum atomic E-state index is 5.57.